The molecule has 1 rings (SSSR count). The number of nitrogens with one attached hydrogen (secondary N) is 2. The van der Waals surface area contributed by atoms with Gasteiger partial charge in [-0.15, -0.1) is 0 Å². The summed E-state index contributed by atoms with van der Waals surface area (Å²) in [5.74, 6) is -1.19. The van der Waals surface area contributed by atoms with Crippen LogP contribution in [0.1, 0.15) is 6.42 Å². The highest BCUT2D eigenvalue weighted by molar-refractivity contribution is 9.10. The second-order valence-electron chi connectivity index (χ2n) is 3.51. The Labute approximate surface area is 112 Å². The minimum Gasteiger partial charge on any atom is -0.480 e. The van der Waals surface area contributed by atoms with Crippen molar-refractivity contribution in [3.8, 4) is 0 Å². The van der Waals surface area contributed by atoms with Crippen molar-refractivity contribution in [1.82, 2.24) is 5.32 Å². The van der Waals surface area contributed by atoms with Crippen molar-refractivity contribution in [3.63, 3.8) is 0 Å². The van der Waals surface area contributed by atoms with Gasteiger partial charge in [0.15, 0.2) is 0 Å². The highest BCUT2D eigenvalue weighted by Crippen LogP contribution is 2.15. The summed E-state index contributed by atoms with van der Waals surface area (Å²) >= 11 is 3.25. The van der Waals surface area contributed by atoms with Gasteiger partial charge < -0.3 is 20.8 Å². The first-order valence-electron chi connectivity index (χ1n) is 5.19. The van der Waals surface area contributed by atoms with Crippen molar-refractivity contribution in [2.24, 2.45) is 0 Å². The number of carbonyl (C=O) groups is 2. The Kier molecular flexibility index (Phi) is 5.60. The number of carboxylic acid groups (broad SMARTS) is 1. The lowest BCUT2D eigenvalue weighted by atomic mass is 10.2. The normalized spacial score (nSPS) is 11.7. The number of aliphatic hydroxyl groups excluding tert-OH is 1. The van der Waals surface area contributed by atoms with E-state index in [0.29, 0.717) is 5.69 Å². The quantitative estimate of drug-likeness (QED) is 0.660. The summed E-state index contributed by atoms with van der Waals surface area (Å²) in [7, 11) is 0. The number of hydrogen-bond acceptors (Lipinski definition) is 3. The number of carboxylic acids is 1. The first kappa shape index (κ1) is 14.5. The summed E-state index contributed by atoms with van der Waals surface area (Å²) in [4.78, 5) is 22.3. The van der Waals surface area contributed by atoms with E-state index >= 15 is 0 Å². The molecule has 1 atom stereocenters. The minimum atomic E-state index is -1.19. The van der Waals surface area contributed by atoms with E-state index in [1.165, 1.54) is 0 Å². The van der Waals surface area contributed by atoms with E-state index < -0.39 is 18.0 Å². The van der Waals surface area contributed by atoms with Crippen LogP contribution in [-0.2, 0) is 4.79 Å². The molecule has 0 aliphatic heterocycles. The molecule has 0 fully saturated rings. The van der Waals surface area contributed by atoms with Gasteiger partial charge in [0, 0.05) is 23.2 Å². The fraction of sp³-hybridized carbons (Fsp3) is 0.273. The number of carbonyl (C=O) groups excluding carboxylic acids is 1. The number of urea groups is 1. The third-order valence-corrected chi connectivity index (χ3v) is 2.60. The molecule has 4 N–H and O–H groups in total. The maximum atomic E-state index is 11.5. The lowest BCUT2D eigenvalue weighted by Gasteiger charge is -2.14. The molecule has 0 heterocycles. The number of rotatable bonds is 5. The molecule has 0 unspecified atom stereocenters. The van der Waals surface area contributed by atoms with Crippen LogP contribution < -0.4 is 10.6 Å². The molecule has 2 amide bonds. The average Bonchev–Trinajstić information content (AvgIpc) is 2.28. The van der Waals surface area contributed by atoms with Crippen molar-refractivity contribution in [2.45, 2.75) is 12.5 Å². The van der Waals surface area contributed by atoms with E-state index in [1.807, 2.05) is 0 Å². The SMILES string of the molecule is O=C(Nc1cccc(Br)c1)N[C@@H](CCO)C(=O)O. The van der Waals surface area contributed by atoms with Gasteiger partial charge in [0.2, 0.25) is 0 Å². The van der Waals surface area contributed by atoms with Crippen LogP contribution in [-0.4, -0.2) is 34.9 Å². The van der Waals surface area contributed by atoms with Gasteiger partial charge in [0.25, 0.3) is 0 Å². The first-order chi connectivity index (χ1) is 8.52. The number of halogens is 1. The van der Waals surface area contributed by atoms with Gasteiger partial charge >= 0.3 is 12.0 Å². The molecule has 98 valence electrons. The van der Waals surface area contributed by atoms with Gasteiger partial charge in [-0.2, -0.15) is 0 Å². The summed E-state index contributed by atoms with van der Waals surface area (Å²) in [5.41, 5.74) is 0.537. The molecule has 0 aromatic heterocycles. The van der Waals surface area contributed by atoms with Crippen LogP contribution >= 0.6 is 15.9 Å². The first-order valence-corrected chi connectivity index (χ1v) is 5.99. The van der Waals surface area contributed by atoms with E-state index in [1.54, 1.807) is 24.3 Å². The zero-order valence-electron chi connectivity index (χ0n) is 9.39. The second-order valence-corrected chi connectivity index (χ2v) is 4.43. The molecule has 0 spiro atoms. The van der Waals surface area contributed by atoms with Crippen molar-refractivity contribution in [3.05, 3.63) is 28.7 Å². The van der Waals surface area contributed by atoms with Gasteiger partial charge in [-0.25, -0.2) is 9.59 Å². The fourth-order valence-corrected chi connectivity index (χ4v) is 1.68. The van der Waals surface area contributed by atoms with Crippen molar-refractivity contribution in [1.29, 1.82) is 0 Å². The Bertz CT molecular complexity index is 439. The van der Waals surface area contributed by atoms with Gasteiger partial charge in [0.05, 0.1) is 0 Å². The number of hydrogen-bond donors (Lipinski definition) is 4. The molecule has 0 aliphatic rings. The smallest absolute Gasteiger partial charge is 0.326 e. The Morgan fingerprint density at radius 3 is 2.67 bits per heavy atom. The van der Waals surface area contributed by atoms with Crippen LogP contribution in [0.25, 0.3) is 0 Å². The zero-order chi connectivity index (χ0) is 13.5. The highest BCUT2D eigenvalue weighted by atomic mass is 79.9. The summed E-state index contributed by atoms with van der Waals surface area (Å²) in [5, 5.41) is 22.2. The van der Waals surface area contributed by atoms with E-state index in [0.717, 1.165) is 4.47 Å². The van der Waals surface area contributed by atoms with Crippen LogP contribution in [0.2, 0.25) is 0 Å². The molecular weight excluding hydrogens is 304 g/mol. The van der Waals surface area contributed by atoms with Gasteiger partial charge in [-0.05, 0) is 18.2 Å². The van der Waals surface area contributed by atoms with E-state index in [-0.39, 0.29) is 13.0 Å². The zero-order valence-corrected chi connectivity index (χ0v) is 11.0. The molecule has 7 heteroatoms. The molecule has 1 aromatic rings. The summed E-state index contributed by atoms with van der Waals surface area (Å²) in [6, 6.07) is 5.15. The number of benzene rings is 1. The predicted molar refractivity (Wildman–Crippen MR) is 69.4 cm³/mol. The van der Waals surface area contributed by atoms with Gasteiger partial charge in [0.1, 0.15) is 6.04 Å². The minimum absolute atomic E-state index is 0.0404. The van der Waals surface area contributed by atoms with E-state index in [2.05, 4.69) is 26.6 Å². The summed E-state index contributed by atoms with van der Waals surface area (Å²) < 4.78 is 0.797. The lowest BCUT2D eigenvalue weighted by Crippen LogP contribution is -2.43. The van der Waals surface area contributed by atoms with Crippen molar-refractivity contribution in [2.75, 3.05) is 11.9 Å². The Balaban J connectivity index is 2.57. The maximum absolute atomic E-state index is 11.5. The fourth-order valence-electron chi connectivity index (χ4n) is 1.28. The van der Waals surface area contributed by atoms with E-state index in [4.69, 9.17) is 10.2 Å². The third-order valence-electron chi connectivity index (χ3n) is 2.10. The Morgan fingerprint density at radius 1 is 1.39 bits per heavy atom. The van der Waals surface area contributed by atoms with Crippen LogP contribution in [0, 0.1) is 0 Å². The van der Waals surface area contributed by atoms with Crippen LogP contribution in [0.3, 0.4) is 0 Å². The van der Waals surface area contributed by atoms with Crippen LogP contribution in [0.15, 0.2) is 28.7 Å². The standard InChI is InChI=1S/C11H13BrN2O4/c12-7-2-1-3-8(6-7)13-11(18)14-9(4-5-15)10(16)17/h1-3,6,9,15H,4-5H2,(H,16,17)(H2,13,14,18)/t9-/m0/s1. The predicted octanol–water partition coefficient (Wildman–Crippen LogP) is 1.41. The molecule has 0 saturated carbocycles. The van der Waals surface area contributed by atoms with Crippen LogP contribution in [0.4, 0.5) is 10.5 Å². The molecule has 6 nitrogen and oxygen atoms in total. The molecule has 0 radical (unpaired) electrons. The molecule has 18 heavy (non-hydrogen) atoms. The number of aliphatic carboxylic acids is 1. The van der Waals surface area contributed by atoms with E-state index in [9.17, 15) is 9.59 Å². The average molecular weight is 317 g/mol. The van der Waals surface area contributed by atoms with Crippen LogP contribution in [0.5, 0.6) is 0 Å². The molecule has 0 saturated heterocycles. The third kappa shape index (κ3) is 4.72. The van der Waals surface area contributed by atoms with Crippen molar-refractivity contribution < 1.29 is 19.8 Å². The number of amides is 2. The molecule has 0 bridgehead atoms. The van der Waals surface area contributed by atoms with Gasteiger partial charge in [-0.3, -0.25) is 0 Å². The number of anilines is 1. The van der Waals surface area contributed by atoms with Crippen molar-refractivity contribution >= 4 is 33.6 Å². The molecule has 1 aromatic carbocycles. The topological polar surface area (TPSA) is 98.7 Å². The van der Waals surface area contributed by atoms with Gasteiger partial charge in [-0.1, -0.05) is 22.0 Å². The largest absolute Gasteiger partial charge is 0.480 e. The Hall–Kier alpha value is -1.60. The highest BCUT2D eigenvalue weighted by Gasteiger charge is 2.18. The molecule has 0 aliphatic carbocycles. The summed E-state index contributed by atoms with van der Waals surface area (Å²) in [6.07, 6.45) is -0.0404. The molecular formula is C11H13BrN2O4. The summed E-state index contributed by atoms with van der Waals surface area (Å²) in [6.45, 7) is -0.311. The second kappa shape index (κ2) is 6.97. The number of aliphatic hydroxyl groups is 1. The monoisotopic (exact) mass is 316 g/mol. The Morgan fingerprint density at radius 2 is 2.11 bits per heavy atom. The maximum Gasteiger partial charge on any atom is 0.326 e. The lowest BCUT2D eigenvalue weighted by molar-refractivity contribution is -0.139.